The first-order chi connectivity index (χ1) is 13.0. The molecule has 1 unspecified atom stereocenters. The Morgan fingerprint density at radius 1 is 0.963 bits per heavy atom. The van der Waals surface area contributed by atoms with Crippen molar-refractivity contribution in [2.24, 2.45) is 5.92 Å². The number of nitrogens with one attached hydrogen (secondary N) is 1. The Bertz CT molecular complexity index is 777. The summed E-state index contributed by atoms with van der Waals surface area (Å²) in [4.78, 5) is 23.6. The van der Waals surface area contributed by atoms with Crippen molar-refractivity contribution in [3.8, 4) is 17.2 Å². The molecule has 2 N–H and O–H groups in total. The predicted octanol–water partition coefficient (Wildman–Crippen LogP) is 2.14. The highest BCUT2D eigenvalue weighted by molar-refractivity contribution is 5.79. The monoisotopic (exact) mass is 373 g/mol. The standard InChI is InChI=1S/C20H23NO6/c1-25-16-8-4-3-7-14(16)11-15(20(23)24)12-21-19(22)13-27-18-10-6-5-9-17(18)26-2/h3-10,15H,11-13H2,1-2H3,(H,21,22)(H,23,24). The van der Waals surface area contributed by atoms with Crippen molar-refractivity contribution < 1.29 is 28.9 Å². The zero-order valence-electron chi connectivity index (χ0n) is 15.3. The zero-order valence-corrected chi connectivity index (χ0v) is 15.3. The van der Waals surface area contributed by atoms with Crippen LogP contribution in [0.25, 0.3) is 0 Å². The van der Waals surface area contributed by atoms with E-state index in [9.17, 15) is 14.7 Å². The molecule has 0 saturated carbocycles. The third-order valence-electron chi connectivity index (χ3n) is 3.98. The topological polar surface area (TPSA) is 94.1 Å². The van der Waals surface area contributed by atoms with E-state index >= 15 is 0 Å². The number of carboxylic acid groups (broad SMARTS) is 1. The number of methoxy groups -OCH3 is 2. The maximum atomic E-state index is 12.0. The summed E-state index contributed by atoms with van der Waals surface area (Å²) in [6.45, 7) is -0.247. The van der Waals surface area contributed by atoms with Gasteiger partial charge in [-0.25, -0.2) is 0 Å². The molecular formula is C20H23NO6. The molecule has 0 saturated heterocycles. The molecule has 7 heteroatoms. The molecule has 2 aromatic rings. The fraction of sp³-hybridized carbons (Fsp3) is 0.300. The van der Waals surface area contributed by atoms with Crippen molar-refractivity contribution in [3.63, 3.8) is 0 Å². The maximum Gasteiger partial charge on any atom is 0.308 e. The van der Waals surface area contributed by atoms with Gasteiger partial charge >= 0.3 is 5.97 Å². The minimum atomic E-state index is -0.994. The Balaban J connectivity index is 1.89. The molecule has 0 aliphatic carbocycles. The Labute approximate surface area is 157 Å². The van der Waals surface area contributed by atoms with Gasteiger partial charge in [-0.2, -0.15) is 0 Å². The van der Waals surface area contributed by atoms with Gasteiger partial charge in [-0.05, 0) is 30.2 Å². The molecule has 27 heavy (non-hydrogen) atoms. The molecule has 0 fully saturated rings. The van der Waals surface area contributed by atoms with Crippen molar-refractivity contribution >= 4 is 11.9 Å². The summed E-state index contributed by atoms with van der Waals surface area (Å²) in [5.41, 5.74) is 0.770. The van der Waals surface area contributed by atoms with Crippen LogP contribution in [0.3, 0.4) is 0 Å². The first kappa shape index (κ1) is 20.1. The number of hydrogen-bond acceptors (Lipinski definition) is 5. The van der Waals surface area contributed by atoms with Crippen LogP contribution < -0.4 is 19.5 Å². The summed E-state index contributed by atoms with van der Waals surface area (Å²) in [6, 6.07) is 14.2. The summed E-state index contributed by atoms with van der Waals surface area (Å²) in [5.74, 6) is -0.603. The van der Waals surface area contributed by atoms with Gasteiger partial charge in [-0.3, -0.25) is 9.59 Å². The third-order valence-corrected chi connectivity index (χ3v) is 3.98. The van der Waals surface area contributed by atoms with Gasteiger partial charge in [-0.15, -0.1) is 0 Å². The van der Waals surface area contributed by atoms with E-state index in [1.165, 1.54) is 14.2 Å². The minimum Gasteiger partial charge on any atom is -0.496 e. The van der Waals surface area contributed by atoms with Gasteiger partial charge < -0.3 is 24.6 Å². The Hall–Kier alpha value is -3.22. The van der Waals surface area contributed by atoms with Crippen molar-refractivity contribution in [1.82, 2.24) is 5.32 Å². The lowest BCUT2D eigenvalue weighted by atomic mass is 9.98. The number of ether oxygens (including phenoxy) is 3. The van der Waals surface area contributed by atoms with Crippen molar-refractivity contribution in [3.05, 3.63) is 54.1 Å². The Kier molecular flexibility index (Phi) is 7.49. The number of rotatable bonds is 10. The molecular weight excluding hydrogens is 350 g/mol. The first-order valence-electron chi connectivity index (χ1n) is 8.42. The summed E-state index contributed by atoms with van der Waals surface area (Å²) in [6.07, 6.45) is 0.243. The zero-order chi connectivity index (χ0) is 19.6. The molecule has 2 aromatic carbocycles. The maximum absolute atomic E-state index is 12.0. The van der Waals surface area contributed by atoms with Gasteiger partial charge in [0.05, 0.1) is 20.1 Å². The van der Waals surface area contributed by atoms with E-state index in [0.717, 1.165) is 5.56 Å². The van der Waals surface area contributed by atoms with Crippen LogP contribution in [0.5, 0.6) is 17.2 Å². The molecule has 0 bridgehead atoms. The second-order valence-electron chi connectivity index (χ2n) is 5.79. The van der Waals surface area contributed by atoms with Gasteiger partial charge in [0, 0.05) is 6.54 Å². The average Bonchev–Trinajstić information content (AvgIpc) is 2.69. The van der Waals surface area contributed by atoms with E-state index in [1.54, 1.807) is 36.4 Å². The highest BCUT2D eigenvalue weighted by atomic mass is 16.5. The third kappa shape index (κ3) is 5.91. The summed E-state index contributed by atoms with van der Waals surface area (Å²) in [7, 11) is 3.04. The molecule has 0 aliphatic heterocycles. The van der Waals surface area contributed by atoms with Crippen LogP contribution in [-0.2, 0) is 16.0 Å². The Morgan fingerprint density at radius 3 is 2.19 bits per heavy atom. The lowest BCUT2D eigenvalue weighted by Gasteiger charge is -2.16. The summed E-state index contributed by atoms with van der Waals surface area (Å²) >= 11 is 0. The number of amides is 1. The minimum absolute atomic E-state index is 0.0124. The Morgan fingerprint density at radius 2 is 1.56 bits per heavy atom. The number of carboxylic acids is 1. The van der Waals surface area contributed by atoms with E-state index in [4.69, 9.17) is 14.2 Å². The predicted molar refractivity (Wildman–Crippen MR) is 99.3 cm³/mol. The smallest absolute Gasteiger partial charge is 0.308 e. The van der Waals surface area contributed by atoms with Gasteiger partial charge in [-0.1, -0.05) is 30.3 Å². The quantitative estimate of drug-likeness (QED) is 0.663. The molecule has 0 radical (unpaired) electrons. The number of carbonyl (C=O) groups is 2. The van der Waals surface area contributed by atoms with E-state index in [0.29, 0.717) is 17.2 Å². The molecule has 0 heterocycles. The van der Waals surface area contributed by atoms with Crippen molar-refractivity contribution in [2.75, 3.05) is 27.4 Å². The second kappa shape index (κ2) is 10.1. The van der Waals surface area contributed by atoms with Crippen LogP contribution in [0, 0.1) is 5.92 Å². The molecule has 0 spiro atoms. The molecule has 2 rings (SSSR count). The second-order valence-corrected chi connectivity index (χ2v) is 5.79. The van der Waals surface area contributed by atoms with Crippen molar-refractivity contribution in [1.29, 1.82) is 0 Å². The number of para-hydroxylation sites is 3. The van der Waals surface area contributed by atoms with Crippen LogP contribution in [0.15, 0.2) is 48.5 Å². The normalized spacial score (nSPS) is 11.3. The average molecular weight is 373 g/mol. The van der Waals surface area contributed by atoms with E-state index in [-0.39, 0.29) is 19.6 Å². The summed E-state index contributed by atoms with van der Waals surface area (Å²) < 4.78 is 15.8. The fourth-order valence-corrected chi connectivity index (χ4v) is 2.55. The molecule has 1 atom stereocenters. The molecule has 0 aliphatic rings. The van der Waals surface area contributed by atoms with Gasteiger partial charge in [0.15, 0.2) is 18.1 Å². The SMILES string of the molecule is COc1ccccc1CC(CNC(=O)COc1ccccc1OC)C(=O)O. The van der Waals surface area contributed by atoms with Crippen LogP contribution in [0.4, 0.5) is 0 Å². The molecule has 7 nitrogen and oxygen atoms in total. The largest absolute Gasteiger partial charge is 0.496 e. The number of carbonyl (C=O) groups excluding carboxylic acids is 1. The molecule has 144 valence electrons. The van der Waals surface area contributed by atoms with E-state index in [2.05, 4.69) is 5.32 Å². The van der Waals surface area contributed by atoms with Gasteiger partial charge in [0.25, 0.3) is 5.91 Å². The summed E-state index contributed by atoms with van der Waals surface area (Å²) in [5, 5.41) is 12.1. The lowest BCUT2D eigenvalue weighted by molar-refractivity contribution is -0.141. The van der Waals surface area contributed by atoms with Crippen molar-refractivity contribution in [2.45, 2.75) is 6.42 Å². The van der Waals surface area contributed by atoms with Gasteiger partial charge in [0.1, 0.15) is 5.75 Å². The van der Waals surface area contributed by atoms with Crippen LogP contribution in [-0.4, -0.2) is 44.4 Å². The number of aliphatic carboxylic acids is 1. The van der Waals surface area contributed by atoms with E-state index < -0.39 is 17.8 Å². The highest BCUT2D eigenvalue weighted by Gasteiger charge is 2.21. The molecule has 0 aromatic heterocycles. The number of benzene rings is 2. The van der Waals surface area contributed by atoms with Crippen LogP contribution in [0.1, 0.15) is 5.56 Å². The lowest BCUT2D eigenvalue weighted by Crippen LogP contribution is -2.36. The van der Waals surface area contributed by atoms with Crippen LogP contribution in [0.2, 0.25) is 0 Å². The highest BCUT2D eigenvalue weighted by Crippen LogP contribution is 2.25. The van der Waals surface area contributed by atoms with Gasteiger partial charge in [0.2, 0.25) is 0 Å². The van der Waals surface area contributed by atoms with Crippen LogP contribution >= 0.6 is 0 Å². The fourth-order valence-electron chi connectivity index (χ4n) is 2.55. The first-order valence-corrected chi connectivity index (χ1v) is 8.42. The van der Waals surface area contributed by atoms with E-state index in [1.807, 2.05) is 12.1 Å². The molecule has 1 amide bonds. The number of hydrogen-bond donors (Lipinski definition) is 2.